The van der Waals surface area contributed by atoms with Crippen LogP contribution in [0.1, 0.15) is 25.6 Å². The van der Waals surface area contributed by atoms with Crippen LogP contribution in [0.25, 0.3) is 0 Å². The maximum atomic E-state index is 13.0. The van der Waals surface area contributed by atoms with Gasteiger partial charge in [0.25, 0.3) is 0 Å². The summed E-state index contributed by atoms with van der Waals surface area (Å²) in [6, 6.07) is 13.3. The zero-order chi connectivity index (χ0) is 20.3. The number of carboxylic acid groups (broad SMARTS) is 1. The highest BCUT2D eigenvalue weighted by molar-refractivity contribution is 7.18. The van der Waals surface area contributed by atoms with Crippen LogP contribution in [0, 0.1) is 0 Å². The summed E-state index contributed by atoms with van der Waals surface area (Å²) in [7, 11) is 5.24. The van der Waals surface area contributed by atoms with E-state index in [1.165, 1.54) is 35.6 Å². The molecule has 0 saturated heterocycles. The van der Waals surface area contributed by atoms with Gasteiger partial charge in [-0.25, -0.2) is 9.78 Å². The molecule has 1 aromatic heterocycles. The fourth-order valence-corrected chi connectivity index (χ4v) is 3.53. The molecule has 0 atom stereocenters. The highest BCUT2D eigenvalue weighted by Gasteiger charge is 2.21. The molecule has 0 amide bonds. The molecule has 3 aromatic rings. The van der Waals surface area contributed by atoms with Gasteiger partial charge in [-0.15, -0.1) is 0 Å². The first-order chi connectivity index (χ1) is 13.4. The first-order valence-electron chi connectivity index (χ1n) is 8.36. The van der Waals surface area contributed by atoms with E-state index < -0.39 is 5.97 Å². The summed E-state index contributed by atoms with van der Waals surface area (Å²) in [5.74, 6) is 0.0605. The Hall–Kier alpha value is -3.39. The molecule has 1 heterocycles. The number of aromatic carboxylic acids is 1. The Morgan fingerprint density at radius 3 is 2.18 bits per heavy atom. The van der Waals surface area contributed by atoms with Crippen molar-refractivity contribution >= 4 is 39.7 Å². The summed E-state index contributed by atoms with van der Waals surface area (Å²) in [4.78, 5) is 30.7. The van der Waals surface area contributed by atoms with Gasteiger partial charge in [0.1, 0.15) is 10.6 Å². The maximum Gasteiger partial charge on any atom is 0.335 e. The molecular formula is C20H19N3O4S. The summed E-state index contributed by atoms with van der Waals surface area (Å²) in [5.41, 5.74) is 1.37. The van der Waals surface area contributed by atoms with Crippen molar-refractivity contribution in [3.63, 3.8) is 0 Å². The average molecular weight is 397 g/mol. The first kappa shape index (κ1) is 19.4. The molecule has 2 N–H and O–H groups in total. The van der Waals surface area contributed by atoms with E-state index in [0.29, 0.717) is 21.4 Å². The van der Waals surface area contributed by atoms with Crippen molar-refractivity contribution in [2.45, 2.75) is 0 Å². The van der Waals surface area contributed by atoms with Gasteiger partial charge in [0.15, 0.2) is 10.9 Å². The average Bonchev–Trinajstić information content (AvgIpc) is 3.12. The normalized spacial score (nSPS) is 10.4. The van der Waals surface area contributed by atoms with E-state index in [9.17, 15) is 9.59 Å². The third-order valence-electron chi connectivity index (χ3n) is 3.97. The minimum Gasteiger partial charge on any atom is -0.497 e. The topological polar surface area (TPSA) is 91.8 Å². The van der Waals surface area contributed by atoms with E-state index in [1.807, 2.05) is 38.4 Å². The van der Waals surface area contributed by atoms with Gasteiger partial charge in [-0.3, -0.25) is 4.79 Å². The number of ether oxygens (including phenoxy) is 1. The van der Waals surface area contributed by atoms with Crippen LogP contribution in [0.5, 0.6) is 5.75 Å². The van der Waals surface area contributed by atoms with Crippen LogP contribution in [0.4, 0.5) is 16.6 Å². The minimum atomic E-state index is -1.03. The van der Waals surface area contributed by atoms with Crippen molar-refractivity contribution < 1.29 is 19.4 Å². The molecule has 2 aromatic carbocycles. The minimum absolute atomic E-state index is 0.135. The second-order valence-corrected chi connectivity index (χ2v) is 7.13. The number of methoxy groups -OCH3 is 1. The molecule has 0 radical (unpaired) electrons. The Labute approximate surface area is 166 Å². The van der Waals surface area contributed by atoms with Crippen molar-refractivity contribution in [2.75, 3.05) is 31.4 Å². The van der Waals surface area contributed by atoms with Crippen molar-refractivity contribution in [1.82, 2.24) is 4.98 Å². The van der Waals surface area contributed by atoms with E-state index >= 15 is 0 Å². The quantitative estimate of drug-likeness (QED) is 0.584. The van der Waals surface area contributed by atoms with Gasteiger partial charge in [0, 0.05) is 25.3 Å². The predicted octanol–water partition coefficient (Wildman–Crippen LogP) is 3.89. The predicted molar refractivity (Wildman–Crippen MR) is 110 cm³/mol. The molecule has 144 valence electrons. The van der Waals surface area contributed by atoms with Crippen molar-refractivity contribution in [3.8, 4) is 5.75 Å². The van der Waals surface area contributed by atoms with Gasteiger partial charge in [0.2, 0.25) is 5.78 Å². The lowest BCUT2D eigenvalue weighted by Crippen LogP contribution is -2.13. The number of rotatable bonds is 7. The Balaban J connectivity index is 1.89. The maximum absolute atomic E-state index is 13.0. The number of benzene rings is 2. The number of hydrogen-bond donors (Lipinski definition) is 2. The lowest BCUT2D eigenvalue weighted by Gasteiger charge is -2.10. The number of ketones is 1. The van der Waals surface area contributed by atoms with Crippen LogP contribution in [0.2, 0.25) is 0 Å². The standard InChI is InChI=1S/C20H19N3O4S/c1-23(2)18-17(16(24)12-4-6-13(7-5-12)19(25)26)28-20(22-18)21-14-8-10-15(27-3)11-9-14/h4-11H,1-3H3,(H,21,22)(H,25,26). The Bertz CT molecular complexity index is 995. The van der Waals surface area contributed by atoms with Crippen LogP contribution < -0.4 is 15.0 Å². The van der Waals surface area contributed by atoms with Gasteiger partial charge in [0.05, 0.1) is 12.7 Å². The number of carbonyl (C=O) groups excluding carboxylic acids is 1. The SMILES string of the molecule is COc1ccc(Nc2nc(N(C)C)c(C(=O)c3ccc(C(=O)O)cc3)s2)cc1. The Morgan fingerprint density at radius 2 is 1.64 bits per heavy atom. The molecule has 7 nitrogen and oxygen atoms in total. The van der Waals surface area contributed by atoms with Gasteiger partial charge in [-0.05, 0) is 36.4 Å². The summed E-state index contributed by atoms with van der Waals surface area (Å²) >= 11 is 1.25. The molecule has 0 aliphatic carbocycles. The Kier molecular flexibility index (Phi) is 5.60. The van der Waals surface area contributed by atoms with Crippen LogP contribution in [-0.4, -0.2) is 43.0 Å². The van der Waals surface area contributed by atoms with Gasteiger partial charge < -0.3 is 20.1 Å². The zero-order valence-electron chi connectivity index (χ0n) is 15.6. The Morgan fingerprint density at radius 1 is 1.04 bits per heavy atom. The number of thiazole rings is 1. The molecule has 0 unspecified atom stereocenters. The van der Waals surface area contributed by atoms with E-state index in [4.69, 9.17) is 9.84 Å². The third-order valence-corrected chi connectivity index (χ3v) is 4.93. The van der Waals surface area contributed by atoms with Gasteiger partial charge in [-0.1, -0.05) is 23.5 Å². The highest BCUT2D eigenvalue weighted by Crippen LogP contribution is 2.33. The molecular weight excluding hydrogens is 378 g/mol. The molecule has 0 aliphatic heterocycles. The molecule has 0 spiro atoms. The van der Waals surface area contributed by atoms with Crippen LogP contribution in [0.15, 0.2) is 48.5 Å². The van der Waals surface area contributed by atoms with E-state index in [1.54, 1.807) is 12.0 Å². The number of aromatic nitrogens is 1. The van der Waals surface area contributed by atoms with Gasteiger partial charge >= 0.3 is 5.97 Å². The second-order valence-electron chi connectivity index (χ2n) is 6.13. The summed E-state index contributed by atoms with van der Waals surface area (Å²) < 4.78 is 5.15. The number of hydrogen-bond acceptors (Lipinski definition) is 7. The third kappa shape index (κ3) is 4.12. The molecule has 28 heavy (non-hydrogen) atoms. The van der Waals surface area contributed by atoms with Crippen molar-refractivity contribution in [2.24, 2.45) is 0 Å². The molecule has 8 heteroatoms. The highest BCUT2D eigenvalue weighted by atomic mass is 32.1. The summed E-state index contributed by atoms with van der Waals surface area (Å²) in [6.07, 6.45) is 0. The first-order valence-corrected chi connectivity index (χ1v) is 9.18. The fourth-order valence-electron chi connectivity index (χ4n) is 2.51. The summed E-state index contributed by atoms with van der Waals surface area (Å²) in [6.45, 7) is 0. The monoisotopic (exact) mass is 397 g/mol. The smallest absolute Gasteiger partial charge is 0.335 e. The van der Waals surface area contributed by atoms with Crippen LogP contribution in [0.3, 0.4) is 0 Å². The molecule has 0 aliphatic rings. The summed E-state index contributed by atoms with van der Waals surface area (Å²) in [5, 5.41) is 12.8. The number of anilines is 3. The lowest BCUT2D eigenvalue weighted by molar-refractivity contribution is 0.0696. The number of carboxylic acids is 1. The number of carbonyl (C=O) groups is 2. The van der Waals surface area contributed by atoms with E-state index in [2.05, 4.69) is 10.3 Å². The molecule has 0 saturated carbocycles. The second kappa shape index (κ2) is 8.10. The van der Waals surface area contributed by atoms with Crippen molar-refractivity contribution in [3.05, 3.63) is 64.5 Å². The fraction of sp³-hybridized carbons (Fsp3) is 0.150. The molecule has 0 fully saturated rings. The van der Waals surface area contributed by atoms with Crippen LogP contribution in [-0.2, 0) is 0 Å². The van der Waals surface area contributed by atoms with E-state index in [-0.39, 0.29) is 11.3 Å². The van der Waals surface area contributed by atoms with E-state index in [0.717, 1.165) is 11.4 Å². The lowest BCUT2D eigenvalue weighted by atomic mass is 10.1. The molecule has 0 bridgehead atoms. The van der Waals surface area contributed by atoms with Crippen molar-refractivity contribution in [1.29, 1.82) is 0 Å². The largest absolute Gasteiger partial charge is 0.497 e. The van der Waals surface area contributed by atoms with Crippen LogP contribution >= 0.6 is 11.3 Å². The van der Waals surface area contributed by atoms with Gasteiger partial charge in [-0.2, -0.15) is 0 Å². The number of nitrogens with one attached hydrogen (secondary N) is 1. The molecule has 3 rings (SSSR count). The zero-order valence-corrected chi connectivity index (χ0v) is 16.4. The number of nitrogens with zero attached hydrogens (tertiary/aromatic N) is 2.